The second-order valence-corrected chi connectivity index (χ2v) is 4.81. The maximum atomic E-state index is 11.3. The van der Waals surface area contributed by atoms with Gasteiger partial charge in [-0.3, -0.25) is 10.2 Å². The molecule has 1 heterocycles. The zero-order chi connectivity index (χ0) is 14.6. The molecule has 20 heavy (non-hydrogen) atoms. The first-order chi connectivity index (χ1) is 9.77. The Morgan fingerprint density at radius 2 is 2.00 bits per heavy atom. The van der Waals surface area contributed by atoms with Gasteiger partial charge < -0.3 is 4.74 Å². The number of rotatable bonds is 10. The number of nitrogen functional groups attached to an aromatic ring is 1. The summed E-state index contributed by atoms with van der Waals surface area (Å²) >= 11 is 0. The highest BCUT2D eigenvalue weighted by atomic mass is 16.5. The molecule has 1 aromatic heterocycles. The Labute approximate surface area is 120 Å². The minimum absolute atomic E-state index is 0.313. The van der Waals surface area contributed by atoms with Crippen LogP contribution in [0.1, 0.15) is 61.6 Å². The Hall–Kier alpha value is -1.46. The standard InChI is InChI=1S/C15H25N3O2/c1-2-3-4-5-6-7-11-20-12-13-9-8-10-14(17-13)15(19)18-16/h8-10H,2-7,11-12,16H2,1H3,(H,18,19). The van der Waals surface area contributed by atoms with E-state index in [4.69, 9.17) is 10.6 Å². The number of aromatic nitrogens is 1. The van der Waals surface area contributed by atoms with Crippen molar-refractivity contribution in [2.75, 3.05) is 6.61 Å². The molecule has 0 aliphatic heterocycles. The van der Waals surface area contributed by atoms with E-state index >= 15 is 0 Å². The van der Waals surface area contributed by atoms with Gasteiger partial charge in [-0.15, -0.1) is 0 Å². The molecule has 1 amide bonds. The zero-order valence-electron chi connectivity index (χ0n) is 12.2. The quantitative estimate of drug-likeness (QED) is 0.299. The summed E-state index contributed by atoms with van der Waals surface area (Å²) in [5, 5.41) is 0. The van der Waals surface area contributed by atoms with Crippen molar-refractivity contribution < 1.29 is 9.53 Å². The highest BCUT2D eigenvalue weighted by Gasteiger charge is 2.05. The topological polar surface area (TPSA) is 77.2 Å². The molecule has 1 aromatic rings. The summed E-state index contributed by atoms with van der Waals surface area (Å²) in [5.74, 6) is 4.69. The van der Waals surface area contributed by atoms with Crippen LogP contribution in [0.15, 0.2) is 18.2 Å². The van der Waals surface area contributed by atoms with Gasteiger partial charge in [0.1, 0.15) is 5.69 Å². The summed E-state index contributed by atoms with van der Waals surface area (Å²) in [7, 11) is 0. The lowest BCUT2D eigenvalue weighted by atomic mass is 10.1. The van der Waals surface area contributed by atoms with Gasteiger partial charge in [0.15, 0.2) is 0 Å². The maximum Gasteiger partial charge on any atom is 0.283 e. The first-order valence-electron chi connectivity index (χ1n) is 7.32. The normalized spacial score (nSPS) is 10.5. The van der Waals surface area contributed by atoms with Crippen LogP contribution in [-0.4, -0.2) is 17.5 Å². The van der Waals surface area contributed by atoms with Crippen LogP contribution in [-0.2, 0) is 11.3 Å². The molecule has 1 rings (SSSR count). The van der Waals surface area contributed by atoms with Crippen LogP contribution in [0.3, 0.4) is 0 Å². The van der Waals surface area contributed by atoms with E-state index in [0.29, 0.717) is 12.3 Å². The van der Waals surface area contributed by atoms with Crippen molar-refractivity contribution in [3.05, 3.63) is 29.6 Å². The highest BCUT2D eigenvalue weighted by molar-refractivity contribution is 5.91. The van der Waals surface area contributed by atoms with Gasteiger partial charge in [0.2, 0.25) is 0 Å². The number of carbonyl (C=O) groups excluding carboxylic acids is 1. The first-order valence-corrected chi connectivity index (χ1v) is 7.32. The third-order valence-electron chi connectivity index (χ3n) is 3.06. The number of hydrogen-bond acceptors (Lipinski definition) is 4. The van der Waals surface area contributed by atoms with E-state index in [2.05, 4.69) is 17.3 Å². The lowest BCUT2D eigenvalue weighted by molar-refractivity contribution is 0.0945. The average Bonchev–Trinajstić information content (AvgIpc) is 2.49. The Morgan fingerprint density at radius 3 is 2.75 bits per heavy atom. The summed E-state index contributed by atoms with van der Waals surface area (Å²) in [6.45, 7) is 3.39. The number of hydrazine groups is 1. The van der Waals surface area contributed by atoms with Crippen molar-refractivity contribution in [3.63, 3.8) is 0 Å². The largest absolute Gasteiger partial charge is 0.375 e. The molecule has 0 spiro atoms. The van der Waals surface area contributed by atoms with Gasteiger partial charge in [-0.05, 0) is 18.6 Å². The molecule has 0 unspecified atom stereocenters. The number of nitrogens with zero attached hydrogens (tertiary/aromatic N) is 1. The van der Waals surface area contributed by atoms with Gasteiger partial charge in [-0.25, -0.2) is 10.8 Å². The van der Waals surface area contributed by atoms with Crippen molar-refractivity contribution in [1.82, 2.24) is 10.4 Å². The SMILES string of the molecule is CCCCCCCCOCc1cccc(C(=O)NN)n1. The molecule has 0 saturated heterocycles. The molecule has 0 fully saturated rings. The van der Waals surface area contributed by atoms with Crippen molar-refractivity contribution in [3.8, 4) is 0 Å². The summed E-state index contributed by atoms with van der Waals surface area (Å²) in [5.41, 5.74) is 3.13. The molecule has 5 heteroatoms. The molecular formula is C15H25N3O2. The van der Waals surface area contributed by atoms with E-state index < -0.39 is 0 Å². The average molecular weight is 279 g/mol. The maximum absolute atomic E-state index is 11.3. The van der Waals surface area contributed by atoms with Gasteiger partial charge >= 0.3 is 0 Å². The van der Waals surface area contributed by atoms with E-state index in [1.807, 2.05) is 6.07 Å². The zero-order valence-corrected chi connectivity index (χ0v) is 12.2. The molecule has 0 bridgehead atoms. The molecule has 0 aromatic carbocycles. The van der Waals surface area contributed by atoms with E-state index in [9.17, 15) is 4.79 Å². The van der Waals surface area contributed by atoms with Gasteiger partial charge in [-0.1, -0.05) is 45.1 Å². The van der Waals surface area contributed by atoms with Crippen LogP contribution in [0.4, 0.5) is 0 Å². The minimum Gasteiger partial charge on any atom is -0.375 e. The lowest BCUT2D eigenvalue weighted by Gasteiger charge is -2.05. The molecule has 0 saturated carbocycles. The molecular weight excluding hydrogens is 254 g/mol. The second-order valence-electron chi connectivity index (χ2n) is 4.81. The number of unbranched alkanes of at least 4 members (excludes halogenated alkanes) is 5. The number of hydrogen-bond donors (Lipinski definition) is 2. The van der Waals surface area contributed by atoms with Crippen molar-refractivity contribution in [2.45, 2.75) is 52.1 Å². The first kappa shape index (κ1) is 16.6. The van der Waals surface area contributed by atoms with Gasteiger partial charge in [0.25, 0.3) is 5.91 Å². The summed E-state index contributed by atoms with van der Waals surface area (Å²) in [6, 6.07) is 5.25. The number of carbonyl (C=O) groups is 1. The number of nitrogens with one attached hydrogen (secondary N) is 1. The number of amides is 1. The summed E-state index contributed by atoms with van der Waals surface area (Å²) < 4.78 is 5.57. The minimum atomic E-state index is -0.386. The third kappa shape index (κ3) is 6.63. The van der Waals surface area contributed by atoms with Crippen molar-refractivity contribution in [1.29, 1.82) is 0 Å². The van der Waals surface area contributed by atoms with Gasteiger partial charge in [-0.2, -0.15) is 0 Å². The van der Waals surface area contributed by atoms with Crippen molar-refractivity contribution in [2.24, 2.45) is 5.84 Å². The number of pyridine rings is 1. The highest BCUT2D eigenvalue weighted by Crippen LogP contribution is 2.06. The fraction of sp³-hybridized carbons (Fsp3) is 0.600. The van der Waals surface area contributed by atoms with Crippen molar-refractivity contribution >= 4 is 5.91 Å². The monoisotopic (exact) mass is 279 g/mol. The van der Waals surface area contributed by atoms with E-state index in [0.717, 1.165) is 18.7 Å². The predicted molar refractivity (Wildman–Crippen MR) is 78.9 cm³/mol. The molecule has 112 valence electrons. The molecule has 5 nitrogen and oxygen atoms in total. The van der Waals surface area contributed by atoms with E-state index in [1.165, 1.54) is 32.1 Å². The molecule has 0 atom stereocenters. The van der Waals surface area contributed by atoms with Crippen LogP contribution in [0.2, 0.25) is 0 Å². The van der Waals surface area contributed by atoms with E-state index in [-0.39, 0.29) is 5.91 Å². The fourth-order valence-corrected chi connectivity index (χ4v) is 1.92. The van der Waals surface area contributed by atoms with Gasteiger partial charge in [0, 0.05) is 6.61 Å². The van der Waals surface area contributed by atoms with Crippen LogP contribution in [0.5, 0.6) is 0 Å². The van der Waals surface area contributed by atoms with Gasteiger partial charge in [0.05, 0.1) is 12.3 Å². The smallest absolute Gasteiger partial charge is 0.283 e. The van der Waals surface area contributed by atoms with Crippen LogP contribution in [0.25, 0.3) is 0 Å². The molecule has 0 radical (unpaired) electrons. The Kier molecular flexibility index (Phi) is 8.58. The molecule has 3 N–H and O–H groups in total. The number of ether oxygens (including phenoxy) is 1. The Balaban J connectivity index is 2.17. The van der Waals surface area contributed by atoms with Crippen LogP contribution in [0, 0.1) is 0 Å². The lowest BCUT2D eigenvalue weighted by Crippen LogP contribution is -2.30. The third-order valence-corrected chi connectivity index (χ3v) is 3.06. The second kappa shape index (κ2) is 10.3. The summed E-state index contributed by atoms with van der Waals surface area (Å²) in [6.07, 6.45) is 7.47. The van der Waals surface area contributed by atoms with Crippen LogP contribution < -0.4 is 11.3 Å². The Morgan fingerprint density at radius 1 is 1.25 bits per heavy atom. The van der Waals surface area contributed by atoms with E-state index in [1.54, 1.807) is 12.1 Å². The van der Waals surface area contributed by atoms with Crippen LogP contribution >= 0.6 is 0 Å². The molecule has 0 aliphatic rings. The Bertz CT molecular complexity index is 396. The molecule has 0 aliphatic carbocycles. The number of nitrogens with two attached hydrogens (primary N) is 1. The fourth-order valence-electron chi connectivity index (χ4n) is 1.92. The summed E-state index contributed by atoms with van der Waals surface area (Å²) in [4.78, 5) is 15.5. The predicted octanol–water partition coefficient (Wildman–Crippen LogP) is 2.56.